The highest BCUT2D eigenvalue weighted by molar-refractivity contribution is 5.96. The molecule has 2 saturated carbocycles. The third kappa shape index (κ3) is 4.78. The molecular formula is C19H26ClN3O4. The number of esters is 1. The normalized spacial score (nSPS) is 25.4. The lowest BCUT2D eigenvalue weighted by molar-refractivity contribution is -0.140. The fraction of sp³-hybridized carbons (Fsp3) is 0.526. The molecule has 148 valence electrons. The smallest absolute Gasteiger partial charge is 0.307 e. The van der Waals surface area contributed by atoms with Crippen LogP contribution in [0.25, 0.3) is 0 Å². The van der Waals surface area contributed by atoms with E-state index < -0.39 is 0 Å². The standard InChI is InChI=1S/C19H25N3O4.ClH/c1-26-15(23)8-9-21-18(24)11-4-6-14(7-5-11)22-19(25)16-12-2-3-13(10-12)17(16)20;/h4-7,12-13,16-17H,2-3,8-10,20H2,1H3,(H,21,24)(H,22,25);1H. The molecule has 2 fully saturated rings. The number of rotatable bonds is 6. The molecule has 2 amide bonds. The van der Waals surface area contributed by atoms with Gasteiger partial charge in [0.25, 0.3) is 5.91 Å². The van der Waals surface area contributed by atoms with Crippen LogP contribution in [0.2, 0.25) is 0 Å². The zero-order valence-corrected chi connectivity index (χ0v) is 16.1. The number of hydrogen-bond donors (Lipinski definition) is 3. The Morgan fingerprint density at radius 1 is 1.15 bits per heavy atom. The third-order valence-electron chi connectivity index (χ3n) is 5.54. The summed E-state index contributed by atoms with van der Waals surface area (Å²) in [6.07, 6.45) is 3.40. The van der Waals surface area contributed by atoms with Crippen molar-refractivity contribution in [3.05, 3.63) is 29.8 Å². The lowest BCUT2D eigenvalue weighted by atomic mass is 9.84. The van der Waals surface area contributed by atoms with Crippen LogP contribution in [0.1, 0.15) is 36.0 Å². The van der Waals surface area contributed by atoms with E-state index in [0.29, 0.717) is 23.1 Å². The molecule has 0 aromatic heterocycles. The number of nitrogens with two attached hydrogens (primary N) is 1. The first-order valence-electron chi connectivity index (χ1n) is 9.01. The Bertz CT molecular complexity index is 693. The van der Waals surface area contributed by atoms with Gasteiger partial charge in [-0.2, -0.15) is 0 Å². The van der Waals surface area contributed by atoms with Gasteiger partial charge in [0.1, 0.15) is 0 Å². The van der Waals surface area contributed by atoms with Crippen LogP contribution in [0.15, 0.2) is 24.3 Å². The van der Waals surface area contributed by atoms with Crippen LogP contribution in [-0.4, -0.2) is 37.5 Å². The van der Waals surface area contributed by atoms with E-state index in [1.807, 2.05) is 0 Å². The molecule has 4 atom stereocenters. The predicted molar refractivity (Wildman–Crippen MR) is 104 cm³/mol. The van der Waals surface area contributed by atoms with Crippen molar-refractivity contribution < 1.29 is 19.1 Å². The molecule has 4 unspecified atom stereocenters. The van der Waals surface area contributed by atoms with Crippen molar-refractivity contribution in [3.63, 3.8) is 0 Å². The van der Waals surface area contributed by atoms with E-state index in [0.717, 1.165) is 19.3 Å². The lowest BCUT2D eigenvalue weighted by Gasteiger charge is -2.27. The number of carbonyl (C=O) groups is 3. The fourth-order valence-electron chi connectivity index (χ4n) is 4.14. The van der Waals surface area contributed by atoms with Crippen LogP contribution in [-0.2, 0) is 14.3 Å². The molecule has 27 heavy (non-hydrogen) atoms. The fourth-order valence-corrected chi connectivity index (χ4v) is 4.14. The van der Waals surface area contributed by atoms with E-state index in [1.54, 1.807) is 24.3 Å². The zero-order chi connectivity index (χ0) is 18.7. The maximum Gasteiger partial charge on any atom is 0.307 e. The molecule has 1 aromatic rings. The van der Waals surface area contributed by atoms with Gasteiger partial charge in [0, 0.05) is 23.8 Å². The average molecular weight is 396 g/mol. The van der Waals surface area contributed by atoms with Gasteiger partial charge in [0.15, 0.2) is 0 Å². The Kier molecular flexibility index (Phi) is 7.21. The molecule has 0 heterocycles. The Morgan fingerprint density at radius 2 is 1.81 bits per heavy atom. The SMILES string of the molecule is COC(=O)CCNC(=O)c1ccc(NC(=O)C2C3CCC(C3)C2N)cc1.Cl. The Morgan fingerprint density at radius 3 is 2.41 bits per heavy atom. The van der Waals surface area contributed by atoms with Crippen molar-refractivity contribution in [1.29, 1.82) is 0 Å². The van der Waals surface area contributed by atoms with Crippen LogP contribution in [0.4, 0.5) is 5.69 Å². The van der Waals surface area contributed by atoms with Gasteiger partial charge in [-0.15, -0.1) is 12.4 Å². The number of hydrogen-bond acceptors (Lipinski definition) is 5. The molecular weight excluding hydrogens is 370 g/mol. The summed E-state index contributed by atoms with van der Waals surface area (Å²) in [5.74, 6) is 0.0841. The Hall–Kier alpha value is -2.12. The number of ether oxygens (including phenoxy) is 1. The van der Waals surface area contributed by atoms with Gasteiger partial charge in [-0.25, -0.2) is 0 Å². The maximum atomic E-state index is 12.6. The first kappa shape index (κ1) is 21.2. The van der Waals surface area contributed by atoms with Crippen molar-refractivity contribution >= 4 is 35.9 Å². The Balaban J connectivity index is 0.00000261. The maximum absolute atomic E-state index is 12.6. The average Bonchev–Trinajstić information content (AvgIpc) is 3.23. The van der Waals surface area contributed by atoms with Crippen molar-refractivity contribution in [2.24, 2.45) is 23.5 Å². The highest BCUT2D eigenvalue weighted by atomic mass is 35.5. The molecule has 0 saturated heterocycles. The molecule has 0 aliphatic heterocycles. The van der Waals surface area contributed by atoms with Crippen LogP contribution >= 0.6 is 12.4 Å². The number of fused-ring (bicyclic) bond motifs is 2. The number of amides is 2. The molecule has 8 heteroatoms. The molecule has 3 rings (SSSR count). The number of nitrogens with one attached hydrogen (secondary N) is 2. The molecule has 2 bridgehead atoms. The molecule has 0 radical (unpaired) electrons. The van der Waals surface area contributed by atoms with Gasteiger partial charge in [-0.3, -0.25) is 14.4 Å². The minimum Gasteiger partial charge on any atom is -0.469 e. The lowest BCUT2D eigenvalue weighted by Crippen LogP contribution is -2.42. The minimum atomic E-state index is -0.373. The first-order valence-corrected chi connectivity index (χ1v) is 9.01. The van der Waals surface area contributed by atoms with E-state index in [1.165, 1.54) is 7.11 Å². The summed E-state index contributed by atoms with van der Waals surface area (Å²) in [4.78, 5) is 35.6. The second kappa shape index (κ2) is 9.19. The van der Waals surface area contributed by atoms with Gasteiger partial charge in [-0.1, -0.05) is 0 Å². The number of benzene rings is 1. The van der Waals surface area contributed by atoms with Gasteiger partial charge >= 0.3 is 5.97 Å². The third-order valence-corrected chi connectivity index (χ3v) is 5.54. The van der Waals surface area contributed by atoms with Crippen LogP contribution in [0.5, 0.6) is 0 Å². The van der Waals surface area contributed by atoms with E-state index in [2.05, 4.69) is 15.4 Å². The molecule has 7 nitrogen and oxygen atoms in total. The molecule has 2 aliphatic carbocycles. The second-order valence-corrected chi connectivity index (χ2v) is 7.08. The van der Waals surface area contributed by atoms with Crippen LogP contribution in [0, 0.1) is 17.8 Å². The van der Waals surface area contributed by atoms with Gasteiger partial charge < -0.3 is 21.1 Å². The van der Waals surface area contributed by atoms with E-state index in [-0.39, 0.29) is 55.1 Å². The van der Waals surface area contributed by atoms with Gasteiger partial charge in [-0.05, 0) is 55.4 Å². The highest BCUT2D eigenvalue weighted by Gasteiger charge is 2.49. The second-order valence-electron chi connectivity index (χ2n) is 7.08. The molecule has 2 aliphatic rings. The molecule has 1 aromatic carbocycles. The highest BCUT2D eigenvalue weighted by Crippen LogP contribution is 2.47. The van der Waals surface area contributed by atoms with Crippen molar-refractivity contribution in [3.8, 4) is 0 Å². The number of methoxy groups -OCH3 is 1. The van der Waals surface area contributed by atoms with Crippen molar-refractivity contribution in [2.45, 2.75) is 31.7 Å². The summed E-state index contributed by atoms with van der Waals surface area (Å²) in [5.41, 5.74) is 7.33. The summed E-state index contributed by atoms with van der Waals surface area (Å²) in [7, 11) is 1.31. The zero-order valence-electron chi connectivity index (χ0n) is 15.3. The van der Waals surface area contributed by atoms with Gasteiger partial charge in [0.05, 0.1) is 19.4 Å². The summed E-state index contributed by atoms with van der Waals surface area (Å²) in [5, 5.41) is 5.57. The minimum absolute atomic E-state index is 0. The molecule has 0 spiro atoms. The van der Waals surface area contributed by atoms with Crippen LogP contribution < -0.4 is 16.4 Å². The van der Waals surface area contributed by atoms with Crippen molar-refractivity contribution in [1.82, 2.24) is 5.32 Å². The predicted octanol–water partition coefficient (Wildman–Crippen LogP) is 1.71. The number of halogens is 1. The number of carbonyl (C=O) groups excluding carboxylic acids is 3. The molecule has 4 N–H and O–H groups in total. The summed E-state index contributed by atoms with van der Waals surface area (Å²) >= 11 is 0. The monoisotopic (exact) mass is 395 g/mol. The van der Waals surface area contributed by atoms with E-state index in [4.69, 9.17) is 5.73 Å². The summed E-state index contributed by atoms with van der Waals surface area (Å²) in [6.45, 7) is 0.214. The quantitative estimate of drug-likeness (QED) is 0.635. The van der Waals surface area contributed by atoms with Crippen molar-refractivity contribution in [2.75, 3.05) is 19.0 Å². The Labute approximate surface area is 164 Å². The van der Waals surface area contributed by atoms with Crippen LogP contribution in [0.3, 0.4) is 0 Å². The topological polar surface area (TPSA) is 111 Å². The summed E-state index contributed by atoms with van der Waals surface area (Å²) in [6, 6.07) is 6.64. The summed E-state index contributed by atoms with van der Waals surface area (Å²) < 4.78 is 4.52. The van der Waals surface area contributed by atoms with Gasteiger partial charge in [0.2, 0.25) is 5.91 Å². The largest absolute Gasteiger partial charge is 0.469 e. The number of anilines is 1. The van der Waals surface area contributed by atoms with E-state index >= 15 is 0 Å². The van der Waals surface area contributed by atoms with E-state index in [9.17, 15) is 14.4 Å². The first-order chi connectivity index (χ1) is 12.5.